The van der Waals surface area contributed by atoms with E-state index in [-0.39, 0.29) is 11.9 Å². The number of hydrogen-bond donors (Lipinski definition) is 2. The third-order valence-corrected chi connectivity index (χ3v) is 2.31. The molecule has 15 heavy (non-hydrogen) atoms. The number of carbonyl (C=O) groups excluding carboxylic acids is 1. The highest BCUT2D eigenvalue weighted by molar-refractivity contribution is 5.82. The molecule has 0 saturated carbocycles. The predicted octanol–water partition coefficient (Wildman–Crippen LogP) is 0.309. The molecule has 1 rings (SSSR count). The van der Waals surface area contributed by atoms with E-state index in [0.717, 1.165) is 0 Å². The quantitative estimate of drug-likeness (QED) is 0.659. The highest BCUT2D eigenvalue weighted by atomic mass is 16.5. The molecule has 84 valence electrons. The van der Waals surface area contributed by atoms with Crippen molar-refractivity contribution in [1.29, 1.82) is 0 Å². The van der Waals surface area contributed by atoms with E-state index in [2.05, 4.69) is 11.9 Å². The van der Waals surface area contributed by atoms with Crippen LogP contribution in [-0.2, 0) is 14.3 Å². The molecule has 5 heteroatoms. The van der Waals surface area contributed by atoms with Crippen LogP contribution in [0.25, 0.3) is 0 Å². The summed E-state index contributed by atoms with van der Waals surface area (Å²) in [6.45, 7) is 5.32. The molecule has 0 aromatic carbocycles. The zero-order chi connectivity index (χ0) is 11.4. The van der Waals surface area contributed by atoms with Crippen LogP contribution in [0, 0.1) is 0 Å². The molecule has 1 aliphatic heterocycles. The molecule has 0 aliphatic carbocycles. The average Bonchev–Trinajstić information content (AvgIpc) is 2.66. The van der Waals surface area contributed by atoms with Gasteiger partial charge in [0.25, 0.3) is 0 Å². The molecular formula is C10H15NO4. The van der Waals surface area contributed by atoms with Crippen molar-refractivity contribution < 1.29 is 19.4 Å². The first kappa shape index (κ1) is 11.7. The highest BCUT2D eigenvalue weighted by Gasteiger charge is 2.34. The summed E-state index contributed by atoms with van der Waals surface area (Å²) < 4.78 is 5.08. The number of ether oxygens (including phenoxy) is 1. The molecule has 1 saturated heterocycles. The van der Waals surface area contributed by atoms with Crippen LogP contribution in [0.1, 0.15) is 19.8 Å². The first-order chi connectivity index (χ1) is 7.04. The Kier molecular flexibility index (Phi) is 3.85. The van der Waals surface area contributed by atoms with Crippen LogP contribution in [0.5, 0.6) is 0 Å². The van der Waals surface area contributed by atoms with Crippen molar-refractivity contribution in [3.8, 4) is 0 Å². The maximum atomic E-state index is 11.5. The minimum atomic E-state index is -1.01. The Morgan fingerprint density at radius 3 is 2.60 bits per heavy atom. The first-order valence-corrected chi connectivity index (χ1v) is 4.85. The molecule has 0 spiro atoms. The van der Waals surface area contributed by atoms with E-state index in [1.807, 2.05) is 0 Å². The van der Waals surface area contributed by atoms with E-state index < -0.39 is 18.2 Å². The van der Waals surface area contributed by atoms with E-state index in [4.69, 9.17) is 9.84 Å². The minimum absolute atomic E-state index is 0.134. The standard InChI is InChI=1S/C10H15NO4/c1-3-6(2)11-9(12)7-4-5-8(15-7)10(13)14/h3,6-8H,1,4-5H2,2H3,(H,11,12)(H,13,14)/t6?,7-,8+/m0/s1. The highest BCUT2D eigenvalue weighted by Crippen LogP contribution is 2.19. The fourth-order valence-electron chi connectivity index (χ4n) is 1.39. The van der Waals surface area contributed by atoms with Gasteiger partial charge in [0.05, 0.1) is 0 Å². The molecule has 2 N–H and O–H groups in total. The molecule has 1 heterocycles. The average molecular weight is 213 g/mol. The lowest BCUT2D eigenvalue weighted by Gasteiger charge is -2.14. The molecule has 1 aliphatic rings. The van der Waals surface area contributed by atoms with Crippen molar-refractivity contribution in [2.45, 2.75) is 38.0 Å². The van der Waals surface area contributed by atoms with Gasteiger partial charge in [0.1, 0.15) is 6.10 Å². The van der Waals surface area contributed by atoms with Gasteiger partial charge in [-0.05, 0) is 19.8 Å². The minimum Gasteiger partial charge on any atom is -0.479 e. The van der Waals surface area contributed by atoms with Crippen LogP contribution in [0.3, 0.4) is 0 Å². The van der Waals surface area contributed by atoms with E-state index in [9.17, 15) is 9.59 Å². The first-order valence-electron chi connectivity index (χ1n) is 4.85. The van der Waals surface area contributed by atoms with Gasteiger partial charge in [0.15, 0.2) is 6.10 Å². The third kappa shape index (κ3) is 3.06. The van der Waals surface area contributed by atoms with Crippen molar-refractivity contribution in [2.24, 2.45) is 0 Å². The van der Waals surface area contributed by atoms with Gasteiger partial charge >= 0.3 is 5.97 Å². The largest absolute Gasteiger partial charge is 0.479 e. The number of carboxylic acids is 1. The lowest BCUT2D eigenvalue weighted by molar-refractivity contribution is -0.151. The summed E-state index contributed by atoms with van der Waals surface area (Å²) in [5.74, 6) is -1.28. The Balaban J connectivity index is 2.43. The number of hydrogen-bond acceptors (Lipinski definition) is 3. The SMILES string of the molecule is C=CC(C)NC(=O)[C@@H]1CC[C@H](C(=O)O)O1. The van der Waals surface area contributed by atoms with E-state index >= 15 is 0 Å². The van der Waals surface area contributed by atoms with Gasteiger partial charge in [-0.25, -0.2) is 4.79 Å². The summed E-state index contributed by atoms with van der Waals surface area (Å²) >= 11 is 0. The molecule has 1 unspecified atom stereocenters. The normalized spacial score (nSPS) is 27.0. The van der Waals surface area contributed by atoms with Crippen molar-refractivity contribution in [3.05, 3.63) is 12.7 Å². The summed E-state index contributed by atoms with van der Waals surface area (Å²) in [5, 5.41) is 11.3. The summed E-state index contributed by atoms with van der Waals surface area (Å²) in [7, 11) is 0. The number of carbonyl (C=O) groups is 2. The zero-order valence-electron chi connectivity index (χ0n) is 8.60. The van der Waals surface area contributed by atoms with Crippen LogP contribution in [-0.4, -0.2) is 35.2 Å². The Labute approximate surface area is 88.1 Å². The molecule has 3 atom stereocenters. The third-order valence-electron chi connectivity index (χ3n) is 2.31. The summed E-state index contributed by atoms with van der Waals surface area (Å²) in [6, 6.07) is -0.134. The molecule has 1 amide bonds. The molecule has 0 aromatic heterocycles. The Morgan fingerprint density at radius 1 is 1.53 bits per heavy atom. The summed E-state index contributed by atoms with van der Waals surface area (Å²) in [6.07, 6.45) is 0.942. The number of carboxylic acid groups (broad SMARTS) is 1. The fraction of sp³-hybridized carbons (Fsp3) is 0.600. The van der Waals surface area contributed by atoms with Gasteiger partial charge in [0.2, 0.25) is 5.91 Å². The zero-order valence-corrected chi connectivity index (χ0v) is 8.60. The summed E-state index contributed by atoms with van der Waals surface area (Å²) in [5.41, 5.74) is 0. The van der Waals surface area contributed by atoms with Gasteiger partial charge in [-0.15, -0.1) is 6.58 Å². The van der Waals surface area contributed by atoms with Crippen molar-refractivity contribution in [3.63, 3.8) is 0 Å². The predicted molar refractivity (Wildman–Crippen MR) is 53.3 cm³/mol. The number of amides is 1. The van der Waals surface area contributed by atoms with Gasteiger partial charge in [0, 0.05) is 6.04 Å². The number of nitrogens with one attached hydrogen (secondary N) is 1. The van der Waals surface area contributed by atoms with E-state index in [0.29, 0.717) is 12.8 Å². The second kappa shape index (κ2) is 4.93. The van der Waals surface area contributed by atoms with E-state index in [1.165, 1.54) is 0 Å². The van der Waals surface area contributed by atoms with Crippen molar-refractivity contribution in [1.82, 2.24) is 5.32 Å². The van der Waals surface area contributed by atoms with Crippen LogP contribution in [0.15, 0.2) is 12.7 Å². The molecule has 0 aromatic rings. The topological polar surface area (TPSA) is 75.6 Å². The lowest BCUT2D eigenvalue weighted by atomic mass is 10.2. The Bertz CT molecular complexity index is 277. The second-order valence-electron chi connectivity index (χ2n) is 3.56. The van der Waals surface area contributed by atoms with Crippen LogP contribution in [0.4, 0.5) is 0 Å². The molecular weight excluding hydrogens is 198 g/mol. The Hall–Kier alpha value is -1.36. The van der Waals surface area contributed by atoms with Gasteiger partial charge in [-0.3, -0.25) is 4.79 Å². The van der Waals surface area contributed by atoms with Crippen molar-refractivity contribution in [2.75, 3.05) is 0 Å². The second-order valence-corrected chi connectivity index (χ2v) is 3.56. The number of rotatable bonds is 4. The van der Waals surface area contributed by atoms with Gasteiger partial charge < -0.3 is 15.2 Å². The van der Waals surface area contributed by atoms with Gasteiger partial charge in [-0.2, -0.15) is 0 Å². The lowest BCUT2D eigenvalue weighted by Crippen LogP contribution is -2.39. The maximum absolute atomic E-state index is 11.5. The smallest absolute Gasteiger partial charge is 0.332 e. The van der Waals surface area contributed by atoms with Crippen LogP contribution >= 0.6 is 0 Å². The Morgan fingerprint density at radius 2 is 2.13 bits per heavy atom. The fourth-order valence-corrected chi connectivity index (χ4v) is 1.39. The van der Waals surface area contributed by atoms with Gasteiger partial charge in [-0.1, -0.05) is 6.08 Å². The van der Waals surface area contributed by atoms with E-state index in [1.54, 1.807) is 13.0 Å². The molecule has 0 radical (unpaired) electrons. The van der Waals surface area contributed by atoms with Crippen molar-refractivity contribution >= 4 is 11.9 Å². The monoisotopic (exact) mass is 213 g/mol. The molecule has 0 bridgehead atoms. The van der Waals surface area contributed by atoms with Crippen LogP contribution in [0.2, 0.25) is 0 Å². The van der Waals surface area contributed by atoms with Crippen LogP contribution < -0.4 is 5.32 Å². The molecule has 1 fully saturated rings. The molecule has 5 nitrogen and oxygen atoms in total. The summed E-state index contributed by atoms with van der Waals surface area (Å²) in [4.78, 5) is 22.1. The number of aliphatic carboxylic acids is 1. The maximum Gasteiger partial charge on any atom is 0.332 e.